The first-order valence-electron chi connectivity index (χ1n) is 7.83. The normalized spacial score (nSPS) is 21.5. The molecule has 2 heterocycles. The van der Waals surface area contributed by atoms with Crippen LogP contribution in [0.15, 0.2) is 52.0 Å². The van der Waals surface area contributed by atoms with Gasteiger partial charge in [0.2, 0.25) is 10.0 Å². The van der Waals surface area contributed by atoms with Crippen molar-refractivity contribution in [1.29, 1.82) is 0 Å². The number of aryl methyl sites for hydroxylation is 1. The first-order chi connectivity index (χ1) is 11.9. The minimum atomic E-state index is -3.84. The minimum absolute atomic E-state index is 0.0913. The predicted octanol–water partition coefficient (Wildman–Crippen LogP) is 2.74. The summed E-state index contributed by atoms with van der Waals surface area (Å²) in [5.74, 6) is 0.260. The summed E-state index contributed by atoms with van der Waals surface area (Å²) in [5, 5.41) is 9.38. The van der Waals surface area contributed by atoms with Gasteiger partial charge in [-0.1, -0.05) is 17.7 Å². The summed E-state index contributed by atoms with van der Waals surface area (Å²) in [6.07, 6.45) is 1.87. The number of carbonyl (C=O) groups is 1. The summed E-state index contributed by atoms with van der Waals surface area (Å²) >= 11 is 1.52. The Labute approximate surface area is 150 Å². The van der Waals surface area contributed by atoms with E-state index in [4.69, 9.17) is 4.42 Å². The van der Waals surface area contributed by atoms with E-state index in [1.807, 2.05) is 13.0 Å². The van der Waals surface area contributed by atoms with Gasteiger partial charge < -0.3 is 9.52 Å². The Hall–Kier alpha value is -1.77. The number of thioether (sulfide) groups is 1. The average molecular weight is 381 g/mol. The third kappa shape index (κ3) is 3.91. The van der Waals surface area contributed by atoms with Gasteiger partial charge in [0.1, 0.15) is 11.8 Å². The van der Waals surface area contributed by atoms with E-state index >= 15 is 0 Å². The average Bonchev–Trinajstić information content (AvgIpc) is 3.23. The molecule has 2 atom stereocenters. The van der Waals surface area contributed by atoms with Gasteiger partial charge in [-0.3, -0.25) is 4.79 Å². The van der Waals surface area contributed by atoms with Gasteiger partial charge >= 0.3 is 5.97 Å². The molecular formula is C17H19NO5S2. The van der Waals surface area contributed by atoms with Crippen molar-refractivity contribution >= 4 is 27.8 Å². The molecule has 25 heavy (non-hydrogen) atoms. The van der Waals surface area contributed by atoms with Crippen molar-refractivity contribution < 1.29 is 22.7 Å². The molecule has 0 aliphatic carbocycles. The summed E-state index contributed by atoms with van der Waals surface area (Å²) in [4.78, 5) is 11.7. The van der Waals surface area contributed by atoms with E-state index in [2.05, 4.69) is 0 Å². The number of hydrogen-bond donors (Lipinski definition) is 1. The Bertz CT molecular complexity index is 830. The molecule has 1 fully saturated rings. The van der Waals surface area contributed by atoms with Crippen molar-refractivity contribution in [3.8, 4) is 0 Å². The Morgan fingerprint density at radius 1 is 1.32 bits per heavy atom. The van der Waals surface area contributed by atoms with Crippen LogP contribution in [0.25, 0.3) is 0 Å². The third-order valence-corrected chi connectivity index (χ3v) is 7.32. The molecule has 2 aromatic rings. The van der Waals surface area contributed by atoms with E-state index in [0.717, 1.165) is 15.6 Å². The molecule has 0 saturated carbocycles. The maximum Gasteiger partial charge on any atom is 0.322 e. The van der Waals surface area contributed by atoms with Crippen LogP contribution in [0, 0.1) is 6.92 Å². The first kappa shape index (κ1) is 18.0. The maximum atomic E-state index is 12.9. The van der Waals surface area contributed by atoms with Gasteiger partial charge in [-0.05, 0) is 37.6 Å². The van der Waals surface area contributed by atoms with Crippen LogP contribution < -0.4 is 0 Å². The van der Waals surface area contributed by atoms with Gasteiger partial charge in [-0.15, -0.1) is 11.8 Å². The Morgan fingerprint density at radius 3 is 2.64 bits per heavy atom. The zero-order valence-corrected chi connectivity index (χ0v) is 15.3. The minimum Gasteiger partial charge on any atom is -0.480 e. The number of furan rings is 1. The molecule has 1 aromatic heterocycles. The largest absolute Gasteiger partial charge is 0.480 e. The number of nitrogens with zero attached hydrogens (tertiary/aromatic N) is 1. The van der Waals surface area contributed by atoms with Crippen molar-refractivity contribution in [1.82, 2.24) is 4.31 Å². The summed E-state index contributed by atoms with van der Waals surface area (Å²) in [6.45, 7) is 2.05. The van der Waals surface area contributed by atoms with E-state index in [-0.39, 0.29) is 23.1 Å². The van der Waals surface area contributed by atoms with Gasteiger partial charge in [0.05, 0.1) is 16.9 Å². The van der Waals surface area contributed by atoms with Gasteiger partial charge in [0.25, 0.3) is 0 Å². The SMILES string of the molecule is Cc1ccc(S(=O)(=O)N2CC(SCc3ccco3)CC2C(=O)O)cc1. The molecule has 0 amide bonds. The second-order valence-corrected chi connectivity index (χ2v) is 9.17. The lowest BCUT2D eigenvalue weighted by Crippen LogP contribution is -2.40. The molecule has 134 valence electrons. The van der Waals surface area contributed by atoms with E-state index in [1.165, 1.54) is 23.9 Å². The molecule has 3 rings (SSSR count). The van der Waals surface area contributed by atoms with Crippen molar-refractivity contribution in [2.24, 2.45) is 0 Å². The van der Waals surface area contributed by atoms with Gasteiger partial charge in [-0.2, -0.15) is 4.31 Å². The lowest BCUT2D eigenvalue weighted by Gasteiger charge is -2.21. The molecule has 6 nitrogen and oxygen atoms in total. The zero-order valence-electron chi connectivity index (χ0n) is 13.7. The Morgan fingerprint density at radius 2 is 2.04 bits per heavy atom. The Kier molecular flexibility index (Phi) is 5.21. The van der Waals surface area contributed by atoms with Crippen LogP contribution in [0.1, 0.15) is 17.7 Å². The van der Waals surface area contributed by atoms with Gasteiger partial charge in [0, 0.05) is 11.8 Å². The van der Waals surface area contributed by atoms with Crippen molar-refractivity contribution in [2.75, 3.05) is 6.54 Å². The number of hydrogen-bond acceptors (Lipinski definition) is 5. The van der Waals surface area contributed by atoms with Crippen LogP contribution in [0.3, 0.4) is 0 Å². The van der Waals surface area contributed by atoms with Crippen molar-refractivity contribution in [2.45, 2.75) is 35.3 Å². The number of sulfonamides is 1. The maximum absolute atomic E-state index is 12.9. The summed E-state index contributed by atoms with van der Waals surface area (Å²) in [7, 11) is -3.84. The highest BCUT2D eigenvalue weighted by Gasteiger charge is 2.44. The summed E-state index contributed by atoms with van der Waals surface area (Å²) in [5.41, 5.74) is 0.946. The first-order valence-corrected chi connectivity index (χ1v) is 10.3. The molecule has 0 spiro atoms. The molecule has 8 heteroatoms. The van der Waals surface area contributed by atoms with E-state index in [0.29, 0.717) is 5.75 Å². The van der Waals surface area contributed by atoms with Crippen molar-refractivity contribution in [3.05, 3.63) is 54.0 Å². The second kappa shape index (κ2) is 7.23. The summed E-state index contributed by atoms with van der Waals surface area (Å²) < 4.78 is 32.1. The standard InChI is InChI=1S/C17H19NO5S2/c1-12-4-6-15(7-5-12)25(21,22)18-10-14(9-16(18)17(19)20)24-11-13-3-2-8-23-13/h2-8,14,16H,9-11H2,1H3,(H,19,20). The smallest absolute Gasteiger partial charge is 0.322 e. The van der Waals surface area contributed by atoms with Crippen LogP contribution >= 0.6 is 11.8 Å². The van der Waals surface area contributed by atoms with Gasteiger partial charge in [0.15, 0.2) is 0 Å². The topological polar surface area (TPSA) is 87.8 Å². The van der Waals surface area contributed by atoms with Crippen LogP contribution in [0.5, 0.6) is 0 Å². The van der Waals surface area contributed by atoms with Crippen molar-refractivity contribution in [3.63, 3.8) is 0 Å². The molecule has 2 unspecified atom stereocenters. The number of rotatable bonds is 6. The van der Waals surface area contributed by atoms with Crippen LogP contribution in [-0.4, -0.2) is 41.6 Å². The van der Waals surface area contributed by atoms with Crippen LogP contribution in [-0.2, 0) is 20.6 Å². The quantitative estimate of drug-likeness (QED) is 0.828. The fraction of sp³-hybridized carbons (Fsp3) is 0.353. The summed E-state index contributed by atoms with van der Waals surface area (Å²) in [6, 6.07) is 9.06. The molecule has 1 saturated heterocycles. The van der Waals surface area contributed by atoms with Crippen LogP contribution in [0.2, 0.25) is 0 Å². The molecule has 0 bridgehead atoms. The molecule has 0 radical (unpaired) electrons. The fourth-order valence-electron chi connectivity index (χ4n) is 2.82. The van der Waals surface area contributed by atoms with Gasteiger partial charge in [-0.25, -0.2) is 8.42 Å². The molecule has 1 aliphatic heterocycles. The third-order valence-electron chi connectivity index (χ3n) is 4.17. The molecular weight excluding hydrogens is 362 g/mol. The number of carboxylic acid groups (broad SMARTS) is 1. The second-order valence-electron chi connectivity index (χ2n) is 5.99. The number of aliphatic carboxylic acids is 1. The predicted molar refractivity (Wildman–Crippen MR) is 94.9 cm³/mol. The zero-order chi connectivity index (χ0) is 18.0. The lowest BCUT2D eigenvalue weighted by atomic mass is 10.2. The number of benzene rings is 1. The monoisotopic (exact) mass is 381 g/mol. The fourth-order valence-corrected chi connectivity index (χ4v) is 5.70. The number of carboxylic acids is 1. The molecule has 1 aliphatic rings. The van der Waals surface area contributed by atoms with E-state index < -0.39 is 22.0 Å². The lowest BCUT2D eigenvalue weighted by molar-refractivity contribution is -0.140. The highest BCUT2D eigenvalue weighted by atomic mass is 32.2. The van der Waals surface area contributed by atoms with E-state index in [1.54, 1.807) is 24.5 Å². The Balaban J connectivity index is 1.78. The van der Waals surface area contributed by atoms with E-state index in [9.17, 15) is 18.3 Å². The highest BCUT2D eigenvalue weighted by Crippen LogP contribution is 2.34. The molecule has 1 N–H and O–H groups in total. The molecule has 1 aromatic carbocycles. The van der Waals surface area contributed by atoms with Crippen LogP contribution in [0.4, 0.5) is 0 Å². The highest BCUT2D eigenvalue weighted by molar-refractivity contribution is 7.99.